The molecule has 9 heteroatoms. The zero-order valence-electron chi connectivity index (χ0n) is 12.6. The molecule has 0 spiro atoms. The van der Waals surface area contributed by atoms with E-state index in [1.165, 1.54) is 12.4 Å². The van der Waals surface area contributed by atoms with E-state index in [2.05, 4.69) is 9.97 Å². The molecule has 0 aromatic carbocycles. The van der Waals surface area contributed by atoms with Gasteiger partial charge in [-0.25, -0.2) is 9.97 Å². The number of nitrogens with zero attached hydrogens (tertiary/aromatic N) is 2. The summed E-state index contributed by atoms with van der Waals surface area (Å²) in [6.45, 7) is 1.34. The summed E-state index contributed by atoms with van der Waals surface area (Å²) in [5.74, 6) is 0.663. The Bertz CT molecular complexity index is 597. The van der Waals surface area contributed by atoms with E-state index in [9.17, 15) is 0 Å². The Morgan fingerprint density at radius 1 is 0.696 bits per heavy atom. The van der Waals surface area contributed by atoms with Crippen molar-refractivity contribution < 1.29 is 14.2 Å². The molecule has 0 aliphatic carbocycles. The largest absolute Gasteiger partial charge is 0.474 e. The van der Waals surface area contributed by atoms with Crippen LogP contribution in [0.2, 0.25) is 0 Å². The van der Waals surface area contributed by atoms with Crippen LogP contribution in [0.15, 0.2) is 24.5 Å². The molecule has 0 unspecified atom stereocenters. The Hall–Kier alpha value is -2.94. The Balaban J connectivity index is 1.61. The van der Waals surface area contributed by atoms with Gasteiger partial charge in [0.1, 0.15) is 13.2 Å². The second-order valence-electron chi connectivity index (χ2n) is 4.64. The van der Waals surface area contributed by atoms with Gasteiger partial charge in [0, 0.05) is 0 Å². The summed E-state index contributed by atoms with van der Waals surface area (Å²) in [4.78, 5) is 7.97. The van der Waals surface area contributed by atoms with Crippen molar-refractivity contribution in [1.82, 2.24) is 9.97 Å². The third kappa shape index (κ3) is 5.08. The molecule has 2 rings (SSSR count). The number of pyridine rings is 2. The summed E-state index contributed by atoms with van der Waals surface area (Å²) < 4.78 is 16.1. The van der Waals surface area contributed by atoms with E-state index in [1.807, 2.05) is 0 Å². The van der Waals surface area contributed by atoms with Crippen molar-refractivity contribution in [3.8, 4) is 11.8 Å². The van der Waals surface area contributed by atoms with Gasteiger partial charge in [-0.3, -0.25) is 0 Å². The Labute approximate surface area is 133 Å². The maximum absolute atomic E-state index is 5.72. The summed E-state index contributed by atoms with van der Waals surface area (Å²) >= 11 is 0. The van der Waals surface area contributed by atoms with Crippen LogP contribution in [-0.4, -0.2) is 36.4 Å². The average Bonchev–Trinajstić information content (AvgIpc) is 2.50. The highest BCUT2D eigenvalue weighted by Gasteiger charge is 2.04. The van der Waals surface area contributed by atoms with Gasteiger partial charge in [0.25, 0.3) is 0 Å². The number of anilines is 4. The fourth-order valence-corrected chi connectivity index (χ4v) is 1.71. The molecule has 9 nitrogen and oxygen atoms in total. The van der Waals surface area contributed by atoms with Gasteiger partial charge in [0.15, 0.2) is 0 Å². The van der Waals surface area contributed by atoms with Gasteiger partial charge < -0.3 is 37.1 Å². The predicted octanol–water partition coefficient (Wildman–Crippen LogP) is 0.280. The molecule has 0 aliphatic rings. The van der Waals surface area contributed by atoms with Crippen LogP contribution in [0.25, 0.3) is 0 Å². The first-order valence-corrected chi connectivity index (χ1v) is 6.91. The van der Waals surface area contributed by atoms with E-state index in [4.69, 9.17) is 37.1 Å². The van der Waals surface area contributed by atoms with Crippen LogP contribution < -0.4 is 32.4 Å². The van der Waals surface area contributed by atoms with Gasteiger partial charge in [0.2, 0.25) is 11.8 Å². The number of ether oxygens (including phenoxy) is 3. The van der Waals surface area contributed by atoms with Crippen molar-refractivity contribution in [2.45, 2.75) is 0 Å². The van der Waals surface area contributed by atoms with Crippen molar-refractivity contribution in [3.05, 3.63) is 24.5 Å². The highest BCUT2D eigenvalue weighted by atomic mass is 16.5. The molecule has 0 saturated carbocycles. The molecule has 23 heavy (non-hydrogen) atoms. The predicted molar refractivity (Wildman–Crippen MR) is 87.9 cm³/mol. The molecule has 0 amide bonds. The fourth-order valence-electron chi connectivity index (χ4n) is 1.71. The molecule has 0 saturated heterocycles. The minimum atomic E-state index is 0.309. The van der Waals surface area contributed by atoms with E-state index in [0.717, 1.165) is 0 Å². The first-order chi connectivity index (χ1) is 11.1. The molecular weight excluding hydrogens is 300 g/mol. The standard InChI is InChI=1S/C14H20N6O3/c15-9-5-11(17)13(19-7-9)22-3-1-21-2-4-23-14-12(18)6-10(16)8-20-14/h5-8H,1-4,15-18H2. The third-order valence-electron chi connectivity index (χ3n) is 2.73. The Morgan fingerprint density at radius 3 is 1.52 bits per heavy atom. The van der Waals surface area contributed by atoms with E-state index in [0.29, 0.717) is 60.9 Å². The summed E-state index contributed by atoms with van der Waals surface area (Å²) in [5, 5.41) is 0. The lowest BCUT2D eigenvalue weighted by Gasteiger charge is -2.10. The first kappa shape index (κ1) is 16.4. The maximum Gasteiger partial charge on any atom is 0.237 e. The number of hydrogen-bond donors (Lipinski definition) is 4. The number of hydrogen-bond acceptors (Lipinski definition) is 9. The van der Waals surface area contributed by atoms with E-state index < -0.39 is 0 Å². The Kier molecular flexibility index (Phi) is 5.64. The Morgan fingerprint density at radius 2 is 1.13 bits per heavy atom. The second-order valence-corrected chi connectivity index (χ2v) is 4.64. The van der Waals surface area contributed by atoms with Gasteiger partial charge in [0.05, 0.1) is 48.4 Å². The van der Waals surface area contributed by atoms with E-state index in [-0.39, 0.29) is 0 Å². The summed E-state index contributed by atoms with van der Waals surface area (Å²) in [6, 6.07) is 3.17. The molecule has 0 bridgehead atoms. The van der Waals surface area contributed by atoms with E-state index >= 15 is 0 Å². The van der Waals surface area contributed by atoms with Crippen molar-refractivity contribution in [2.24, 2.45) is 0 Å². The normalized spacial score (nSPS) is 10.4. The van der Waals surface area contributed by atoms with Gasteiger partial charge >= 0.3 is 0 Å². The zero-order chi connectivity index (χ0) is 16.7. The monoisotopic (exact) mass is 320 g/mol. The average molecular weight is 320 g/mol. The topological polar surface area (TPSA) is 158 Å². The van der Waals surface area contributed by atoms with Crippen LogP contribution >= 0.6 is 0 Å². The number of rotatable bonds is 8. The van der Waals surface area contributed by atoms with Gasteiger partial charge in [-0.2, -0.15) is 0 Å². The quantitative estimate of drug-likeness (QED) is 0.501. The minimum absolute atomic E-state index is 0.309. The van der Waals surface area contributed by atoms with Crippen LogP contribution in [0.5, 0.6) is 11.8 Å². The SMILES string of the molecule is Nc1cnc(OCCOCCOc2ncc(N)cc2N)c(N)c1. The van der Waals surface area contributed by atoms with Crippen LogP contribution in [0, 0.1) is 0 Å². The van der Waals surface area contributed by atoms with Crippen LogP contribution in [0.4, 0.5) is 22.7 Å². The van der Waals surface area contributed by atoms with Crippen LogP contribution in [-0.2, 0) is 4.74 Å². The molecule has 2 aromatic heterocycles. The molecule has 8 N–H and O–H groups in total. The molecule has 0 fully saturated rings. The van der Waals surface area contributed by atoms with E-state index in [1.54, 1.807) is 12.1 Å². The molecule has 0 atom stereocenters. The van der Waals surface area contributed by atoms with Gasteiger partial charge in [-0.1, -0.05) is 0 Å². The van der Waals surface area contributed by atoms with Crippen molar-refractivity contribution >= 4 is 22.7 Å². The summed E-state index contributed by atoms with van der Waals surface area (Å²) in [6.07, 6.45) is 2.95. The summed E-state index contributed by atoms with van der Waals surface area (Å²) in [7, 11) is 0. The molecule has 0 aliphatic heterocycles. The zero-order valence-corrected chi connectivity index (χ0v) is 12.6. The maximum atomic E-state index is 5.72. The van der Waals surface area contributed by atoms with Crippen molar-refractivity contribution in [2.75, 3.05) is 49.4 Å². The van der Waals surface area contributed by atoms with Gasteiger partial charge in [-0.05, 0) is 12.1 Å². The molecule has 2 heterocycles. The number of nitrogen functional groups attached to an aromatic ring is 4. The highest BCUT2D eigenvalue weighted by Crippen LogP contribution is 2.20. The lowest BCUT2D eigenvalue weighted by molar-refractivity contribution is 0.0746. The van der Waals surface area contributed by atoms with Crippen molar-refractivity contribution in [3.63, 3.8) is 0 Å². The number of nitrogens with two attached hydrogens (primary N) is 4. The molecule has 2 aromatic rings. The molecular formula is C14H20N6O3. The summed E-state index contributed by atoms with van der Waals surface area (Å²) in [5.41, 5.74) is 24.3. The third-order valence-corrected chi connectivity index (χ3v) is 2.73. The van der Waals surface area contributed by atoms with Crippen molar-refractivity contribution in [1.29, 1.82) is 0 Å². The second kappa shape index (κ2) is 7.90. The molecule has 0 radical (unpaired) electrons. The minimum Gasteiger partial charge on any atom is -0.474 e. The smallest absolute Gasteiger partial charge is 0.237 e. The fraction of sp³-hybridized carbons (Fsp3) is 0.286. The lowest BCUT2D eigenvalue weighted by atomic mass is 10.4. The highest BCUT2D eigenvalue weighted by molar-refractivity contribution is 5.56. The molecule has 124 valence electrons. The van der Waals surface area contributed by atoms with Gasteiger partial charge in [-0.15, -0.1) is 0 Å². The lowest BCUT2D eigenvalue weighted by Crippen LogP contribution is -2.14. The first-order valence-electron chi connectivity index (χ1n) is 6.91. The van der Waals surface area contributed by atoms with Crippen LogP contribution in [0.1, 0.15) is 0 Å². The van der Waals surface area contributed by atoms with Crippen LogP contribution in [0.3, 0.4) is 0 Å². The number of aromatic nitrogens is 2.